The molecule has 0 aromatic heterocycles. The van der Waals surface area contributed by atoms with Crippen LogP contribution in [-0.2, 0) is 76.3 Å². The van der Waals surface area contributed by atoms with Crippen LogP contribution in [0, 0.1) is 33.5 Å². The summed E-state index contributed by atoms with van der Waals surface area (Å²) in [6.07, 6.45) is -19.8. The highest BCUT2D eigenvalue weighted by Crippen LogP contribution is 2.77. The average molecular weight is 1180 g/mol. The van der Waals surface area contributed by atoms with Crippen molar-refractivity contribution >= 4 is 22.3 Å². The molecule has 4 aliphatic carbocycles. The summed E-state index contributed by atoms with van der Waals surface area (Å²) in [7, 11) is -3.97. The minimum Gasteiger partial charge on any atom is -0.459 e. The molecule has 9 rings (SSSR count). The molecular weight excluding hydrogens is 1100 g/mol. The Balaban J connectivity index is 0.908. The largest absolute Gasteiger partial charge is 0.459 e. The van der Waals surface area contributed by atoms with Gasteiger partial charge in [0.2, 0.25) is 0 Å². The molecule has 26 nitrogen and oxygen atoms in total. The maximum absolute atomic E-state index is 14.7. The summed E-state index contributed by atoms with van der Waals surface area (Å²) in [6, 6.07) is 0. The lowest BCUT2D eigenvalue weighted by molar-refractivity contribution is -0.373. The van der Waals surface area contributed by atoms with Crippen LogP contribution in [0.15, 0.2) is 35.5 Å². The standard InChI is InChI=1S/C54H82O26S/c1-24(2)11-10-16-52(8)54(65)34(73-25(3)56)19-51(7)27-12-13-32-49(4,5)33(15-17-50(32,6)26(27)14-18-53(51,54)48(64)79-52)76-47-43(37(60)31(23-72-47)80-81(66,67)68)78-44-38(61)35(58)30(22-71-44)75-45-39(62)41(28(57)21-70-45)77-46-40(63)42(69-9)36(59)29(20-55)74-46/h10-12,16,26,28-47,55,57-63,65H,13-15,17-23H2,1-9H3,(H,66,67,68). The number of carbonyl (C=O) groups excluding carboxylic acids is 2. The third kappa shape index (κ3) is 10.5. The first-order chi connectivity index (χ1) is 37.8. The van der Waals surface area contributed by atoms with Crippen LogP contribution in [-0.4, -0.2) is 232 Å². The maximum Gasteiger partial charge on any atom is 0.397 e. The van der Waals surface area contributed by atoms with Crippen LogP contribution < -0.4 is 0 Å². The van der Waals surface area contributed by atoms with E-state index in [1.54, 1.807) is 19.1 Å². The molecule has 9 aliphatic rings. The van der Waals surface area contributed by atoms with Gasteiger partial charge in [-0.25, -0.2) is 4.18 Å². The van der Waals surface area contributed by atoms with E-state index in [1.807, 2.05) is 40.7 Å². The van der Waals surface area contributed by atoms with E-state index in [4.69, 9.17) is 56.3 Å². The van der Waals surface area contributed by atoms with E-state index in [0.29, 0.717) is 25.7 Å². The number of ether oxygens (including phenoxy) is 11. The number of cyclic esters (lactones) is 1. The molecule has 81 heavy (non-hydrogen) atoms. The molecule has 5 aliphatic heterocycles. The van der Waals surface area contributed by atoms with Crippen LogP contribution in [0.1, 0.15) is 93.9 Å². The fourth-order valence-corrected chi connectivity index (χ4v) is 16.1. The first-order valence-electron chi connectivity index (χ1n) is 27.7. The van der Waals surface area contributed by atoms with E-state index in [9.17, 15) is 68.5 Å². The van der Waals surface area contributed by atoms with Gasteiger partial charge in [-0.2, -0.15) is 8.42 Å². The van der Waals surface area contributed by atoms with Crippen molar-refractivity contribution in [3.05, 3.63) is 35.5 Å². The van der Waals surface area contributed by atoms with Gasteiger partial charge in [0.15, 0.2) is 36.4 Å². The number of aliphatic hydroxyl groups is 9. The molecule has 0 aromatic rings. The Morgan fingerprint density at radius 2 is 1.40 bits per heavy atom. The van der Waals surface area contributed by atoms with Gasteiger partial charge in [0, 0.05) is 19.4 Å². The molecule has 26 unspecified atom stereocenters. The number of hydrogen-bond donors (Lipinski definition) is 10. The van der Waals surface area contributed by atoms with Crippen LogP contribution in [0.2, 0.25) is 0 Å². The number of fused-ring (bicyclic) bond motifs is 4. The van der Waals surface area contributed by atoms with E-state index < -0.39 is 198 Å². The molecule has 5 heterocycles. The molecule has 3 saturated carbocycles. The second kappa shape index (κ2) is 22.9. The van der Waals surface area contributed by atoms with Crippen molar-refractivity contribution in [3.63, 3.8) is 0 Å². The quantitative estimate of drug-likeness (QED) is 0.0412. The predicted molar refractivity (Wildman–Crippen MR) is 272 cm³/mol. The first kappa shape index (κ1) is 62.8. The molecule has 0 bridgehead atoms. The van der Waals surface area contributed by atoms with Crippen molar-refractivity contribution in [1.29, 1.82) is 0 Å². The molecule has 27 heteroatoms. The van der Waals surface area contributed by atoms with Crippen molar-refractivity contribution in [1.82, 2.24) is 0 Å². The molecule has 0 aromatic carbocycles. The number of allylic oxidation sites excluding steroid dienone is 5. The van der Waals surface area contributed by atoms with E-state index >= 15 is 0 Å². The third-order valence-corrected chi connectivity index (χ3v) is 20.2. The zero-order valence-corrected chi connectivity index (χ0v) is 47.7. The van der Waals surface area contributed by atoms with Crippen LogP contribution >= 0.6 is 0 Å². The Kier molecular flexibility index (Phi) is 17.7. The predicted octanol–water partition coefficient (Wildman–Crippen LogP) is -0.878. The van der Waals surface area contributed by atoms with Crippen LogP contribution in [0.3, 0.4) is 0 Å². The summed E-state index contributed by atoms with van der Waals surface area (Å²) in [5.41, 5.74) is -5.04. The lowest BCUT2D eigenvalue weighted by atomic mass is 9.40. The SMILES string of the molecule is COC1C(O)C(CO)OC(OC2C(O)COC(OC3COC(OC4C(OC5CCC6(C)C7CCC89C(=O)OC(C)(C=CC=C(C)C)C8(O)C(OC(C)=O)CC9(C)C7=CCC6C5(C)C)OCC(OS(=O)(=O)O)C4O)C(O)C3O)C2O)C1O. The second-order valence-electron chi connectivity index (χ2n) is 24.9. The van der Waals surface area contributed by atoms with Gasteiger partial charge in [-0.3, -0.25) is 14.1 Å². The number of rotatable bonds is 15. The number of carbonyl (C=O) groups is 2. The molecule has 8 fully saturated rings. The molecule has 5 saturated heterocycles. The van der Waals surface area contributed by atoms with Crippen LogP contribution in [0.4, 0.5) is 0 Å². The molecule has 0 radical (unpaired) electrons. The van der Waals surface area contributed by atoms with Gasteiger partial charge in [-0.1, -0.05) is 57.1 Å². The van der Waals surface area contributed by atoms with Crippen molar-refractivity contribution < 1.29 is 125 Å². The van der Waals surface area contributed by atoms with Gasteiger partial charge in [0.05, 0.1) is 32.5 Å². The van der Waals surface area contributed by atoms with Crippen molar-refractivity contribution in [2.24, 2.45) is 33.5 Å². The van der Waals surface area contributed by atoms with Crippen molar-refractivity contribution in [2.75, 3.05) is 33.5 Å². The fourth-order valence-electron chi connectivity index (χ4n) is 15.6. The summed E-state index contributed by atoms with van der Waals surface area (Å²) in [5.74, 6) is -1.33. The van der Waals surface area contributed by atoms with Gasteiger partial charge in [-0.15, -0.1) is 0 Å². The lowest BCUT2D eigenvalue weighted by Crippen LogP contribution is -2.66. The minimum atomic E-state index is -5.17. The molecular formula is C54H82O26S. The first-order valence-corrected chi connectivity index (χ1v) is 29.0. The summed E-state index contributed by atoms with van der Waals surface area (Å²) >= 11 is 0. The highest BCUT2D eigenvalue weighted by Gasteiger charge is 2.87. The molecule has 0 amide bonds. The van der Waals surface area contributed by atoms with Gasteiger partial charge >= 0.3 is 22.3 Å². The zero-order chi connectivity index (χ0) is 59.3. The minimum absolute atomic E-state index is 0.0915. The zero-order valence-electron chi connectivity index (χ0n) is 46.9. The van der Waals surface area contributed by atoms with E-state index in [-0.39, 0.29) is 24.7 Å². The molecule has 1 spiro atoms. The van der Waals surface area contributed by atoms with Gasteiger partial charge in [0.25, 0.3) is 0 Å². The topological polar surface area (TPSA) is 381 Å². The average Bonchev–Trinajstić information content (AvgIpc) is 2.36. The van der Waals surface area contributed by atoms with Crippen LogP contribution in [0.5, 0.6) is 0 Å². The Morgan fingerprint density at radius 3 is 2.05 bits per heavy atom. The van der Waals surface area contributed by atoms with E-state index in [2.05, 4.69) is 13.0 Å². The Morgan fingerprint density at radius 1 is 0.753 bits per heavy atom. The summed E-state index contributed by atoms with van der Waals surface area (Å²) in [5, 5.41) is 101. The van der Waals surface area contributed by atoms with Crippen molar-refractivity contribution in [2.45, 2.75) is 222 Å². The Hall–Kier alpha value is -2.69. The maximum atomic E-state index is 14.7. The Bertz CT molecular complexity index is 2520. The van der Waals surface area contributed by atoms with E-state index in [1.165, 1.54) is 14.0 Å². The number of hydrogen-bond acceptors (Lipinski definition) is 25. The van der Waals surface area contributed by atoms with Gasteiger partial charge in [-0.05, 0) is 88.0 Å². The smallest absolute Gasteiger partial charge is 0.397 e. The summed E-state index contributed by atoms with van der Waals surface area (Å²) in [6.45, 7) is 12.7. The summed E-state index contributed by atoms with van der Waals surface area (Å²) < 4.78 is 103. The molecule has 460 valence electrons. The fraction of sp³-hybridized carbons (Fsp3) is 0.852. The second-order valence-corrected chi connectivity index (χ2v) is 26.0. The number of aliphatic hydroxyl groups excluding tert-OH is 8. The number of esters is 2. The normalized spacial score (nSPS) is 49.6. The van der Waals surface area contributed by atoms with E-state index in [0.717, 1.165) is 11.1 Å². The highest BCUT2D eigenvalue weighted by molar-refractivity contribution is 7.80. The summed E-state index contributed by atoms with van der Waals surface area (Å²) in [4.78, 5) is 27.4. The lowest BCUT2D eigenvalue weighted by Gasteiger charge is -2.64. The van der Waals surface area contributed by atoms with Crippen molar-refractivity contribution in [3.8, 4) is 0 Å². The van der Waals surface area contributed by atoms with Gasteiger partial charge < -0.3 is 98.1 Å². The highest BCUT2D eigenvalue weighted by atomic mass is 32.3. The molecule has 10 N–H and O–H groups in total. The van der Waals surface area contributed by atoms with Crippen LogP contribution in [0.25, 0.3) is 0 Å². The van der Waals surface area contributed by atoms with Gasteiger partial charge in [0.1, 0.15) is 90.9 Å². The third-order valence-electron chi connectivity index (χ3n) is 19.7. The monoisotopic (exact) mass is 1180 g/mol. The Labute approximate surface area is 470 Å². The number of methoxy groups -OCH3 is 1. The molecule has 26 atom stereocenters.